The Balaban J connectivity index is 1.94. The van der Waals surface area contributed by atoms with Gasteiger partial charge in [0.1, 0.15) is 6.04 Å². The molecule has 0 aliphatic rings. The summed E-state index contributed by atoms with van der Waals surface area (Å²) in [5.41, 5.74) is 1.23. The zero-order valence-electron chi connectivity index (χ0n) is 14.7. The first-order chi connectivity index (χ1) is 12.4. The third-order valence-corrected chi connectivity index (χ3v) is 5.05. The molecule has 1 heterocycles. The molecule has 1 aromatic heterocycles. The predicted octanol–water partition coefficient (Wildman–Crippen LogP) is 2.91. The van der Waals surface area contributed by atoms with Crippen molar-refractivity contribution >= 4 is 29.1 Å². The third-order valence-electron chi connectivity index (χ3n) is 4.18. The summed E-state index contributed by atoms with van der Waals surface area (Å²) in [6, 6.07) is 9.37. The molecule has 2 rings (SSSR count). The predicted molar refractivity (Wildman–Crippen MR) is 100 cm³/mol. The molecule has 2 aromatic rings. The molecule has 0 aliphatic heterocycles. The van der Waals surface area contributed by atoms with Gasteiger partial charge in [-0.2, -0.15) is 0 Å². The summed E-state index contributed by atoms with van der Waals surface area (Å²) in [6.07, 6.45) is 0.653. The Hall–Kier alpha value is -2.67. The van der Waals surface area contributed by atoms with Crippen LogP contribution in [0.4, 0.5) is 0 Å². The molecule has 0 fully saturated rings. The first-order valence-electron chi connectivity index (χ1n) is 8.36. The molecule has 0 radical (unpaired) electrons. The molecular weight excluding hydrogens is 352 g/mol. The highest BCUT2D eigenvalue weighted by atomic mass is 32.1. The number of amides is 2. The Kier molecular flexibility index (Phi) is 6.91. The van der Waals surface area contributed by atoms with Crippen molar-refractivity contribution in [1.29, 1.82) is 0 Å². The van der Waals surface area contributed by atoms with Gasteiger partial charge in [0.2, 0.25) is 0 Å². The molecule has 138 valence electrons. The quantitative estimate of drug-likeness (QED) is 0.662. The number of carbonyl (C=O) groups excluding carboxylic acids is 2. The zero-order valence-corrected chi connectivity index (χ0v) is 15.5. The van der Waals surface area contributed by atoms with Crippen LogP contribution in [0, 0.1) is 5.92 Å². The second-order valence-electron chi connectivity index (χ2n) is 6.03. The van der Waals surface area contributed by atoms with E-state index in [4.69, 9.17) is 0 Å². The average molecular weight is 374 g/mol. The number of carboxylic acid groups (broad SMARTS) is 1. The highest BCUT2D eigenvalue weighted by Gasteiger charge is 2.25. The molecule has 2 unspecified atom stereocenters. The van der Waals surface area contributed by atoms with Crippen LogP contribution in [0.1, 0.15) is 45.9 Å². The van der Waals surface area contributed by atoms with Crippen LogP contribution in [0.25, 0.3) is 0 Å². The summed E-state index contributed by atoms with van der Waals surface area (Å²) in [7, 11) is 0. The van der Waals surface area contributed by atoms with E-state index in [0.717, 1.165) is 5.56 Å². The largest absolute Gasteiger partial charge is 0.480 e. The standard InChI is InChI=1S/C19H22N2O4S/c1-3-12(2)16(19(24)25)21-17(22)14-8-6-13(7-9-14)11-20-18(23)15-5-4-10-26-15/h4-10,12,16H,3,11H2,1-2H3,(H,20,23)(H,21,22)(H,24,25). The number of carbonyl (C=O) groups is 3. The molecule has 0 saturated carbocycles. The van der Waals surface area contributed by atoms with Gasteiger partial charge in [0.05, 0.1) is 4.88 Å². The number of rotatable bonds is 8. The summed E-state index contributed by atoms with van der Waals surface area (Å²) in [6.45, 7) is 4.02. The van der Waals surface area contributed by atoms with E-state index in [9.17, 15) is 19.5 Å². The fraction of sp³-hybridized carbons (Fsp3) is 0.316. The lowest BCUT2D eigenvalue weighted by Gasteiger charge is -2.20. The third kappa shape index (κ3) is 5.16. The van der Waals surface area contributed by atoms with Crippen LogP contribution in [0.15, 0.2) is 41.8 Å². The monoisotopic (exact) mass is 374 g/mol. The van der Waals surface area contributed by atoms with Crippen molar-refractivity contribution in [3.05, 3.63) is 57.8 Å². The van der Waals surface area contributed by atoms with Gasteiger partial charge in [0, 0.05) is 12.1 Å². The van der Waals surface area contributed by atoms with E-state index in [-0.39, 0.29) is 11.8 Å². The lowest BCUT2D eigenvalue weighted by molar-refractivity contribution is -0.140. The van der Waals surface area contributed by atoms with Crippen molar-refractivity contribution in [2.75, 3.05) is 0 Å². The number of carboxylic acids is 1. The van der Waals surface area contributed by atoms with Crippen molar-refractivity contribution in [2.45, 2.75) is 32.9 Å². The first-order valence-corrected chi connectivity index (χ1v) is 9.24. The summed E-state index contributed by atoms with van der Waals surface area (Å²) < 4.78 is 0. The normalized spacial score (nSPS) is 12.8. The molecule has 2 amide bonds. The SMILES string of the molecule is CCC(C)C(NC(=O)c1ccc(CNC(=O)c2cccs2)cc1)C(=O)O. The van der Waals surface area contributed by atoms with Gasteiger partial charge in [0.25, 0.3) is 11.8 Å². The molecule has 0 spiro atoms. The number of thiophene rings is 1. The Morgan fingerprint density at radius 2 is 1.81 bits per heavy atom. The van der Waals surface area contributed by atoms with E-state index < -0.39 is 17.9 Å². The number of nitrogens with one attached hydrogen (secondary N) is 2. The molecule has 2 atom stereocenters. The molecule has 0 aliphatic carbocycles. The lowest BCUT2D eigenvalue weighted by Crippen LogP contribution is -2.45. The molecule has 6 nitrogen and oxygen atoms in total. The zero-order chi connectivity index (χ0) is 19.1. The van der Waals surface area contributed by atoms with E-state index in [2.05, 4.69) is 10.6 Å². The van der Waals surface area contributed by atoms with E-state index in [1.807, 2.05) is 18.4 Å². The van der Waals surface area contributed by atoms with Crippen LogP contribution < -0.4 is 10.6 Å². The Bertz CT molecular complexity index is 756. The summed E-state index contributed by atoms with van der Waals surface area (Å²) >= 11 is 1.37. The van der Waals surface area contributed by atoms with Crippen molar-refractivity contribution < 1.29 is 19.5 Å². The molecule has 7 heteroatoms. The summed E-state index contributed by atoms with van der Waals surface area (Å²) in [5, 5.41) is 16.5. The van der Waals surface area contributed by atoms with Gasteiger partial charge in [-0.15, -0.1) is 11.3 Å². The minimum atomic E-state index is -1.04. The topological polar surface area (TPSA) is 95.5 Å². The first kappa shape index (κ1) is 19.7. The molecule has 0 saturated heterocycles. The molecule has 0 bridgehead atoms. The van der Waals surface area contributed by atoms with E-state index in [0.29, 0.717) is 23.4 Å². The van der Waals surface area contributed by atoms with E-state index in [1.54, 1.807) is 37.3 Å². The van der Waals surface area contributed by atoms with Crippen LogP contribution in [0.3, 0.4) is 0 Å². The van der Waals surface area contributed by atoms with E-state index >= 15 is 0 Å². The van der Waals surface area contributed by atoms with Gasteiger partial charge in [-0.05, 0) is 35.1 Å². The number of aliphatic carboxylic acids is 1. The van der Waals surface area contributed by atoms with E-state index in [1.165, 1.54) is 11.3 Å². The van der Waals surface area contributed by atoms with Gasteiger partial charge in [-0.25, -0.2) is 4.79 Å². The van der Waals surface area contributed by atoms with Crippen LogP contribution in [-0.4, -0.2) is 28.9 Å². The van der Waals surface area contributed by atoms with Crippen molar-refractivity contribution in [2.24, 2.45) is 5.92 Å². The maximum Gasteiger partial charge on any atom is 0.326 e. The van der Waals surface area contributed by atoms with Crippen molar-refractivity contribution in [3.8, 4) is 0 Å². The maximum absolute atomic E-state index is 12.3. The second-order valence-corrected chi connectivity index (χ2v) is 6.98. The Morgan fingerprint density at radius 3 is 2.35 bits per heavy atom. The fourth-order valence-electron chi connectivity index (χ4n) is 2.36. The lowest BCUT2D eigenvalue weighted by atomic mass is 9.99. The van der Waals surface area contributed by atoms with Crippen molar-refractivity contribution in [1.82, 2.24) is 10.6 Å². The molecule has 1 aromatic carbocycles. The minimum Gasteiger partial charge on any atom is -0.480 e. The van der Waals surface area contributed by atoms with Crippen molar-refractivity contribution in [3.63, 3.8) is 0 Å². The van der Waals surface area contributed by atoms with Gasteiger partial charge < -0.3 is 15.7 Å². The molecule has 3 N–H and O–H groups in total. The highest BCUT2D eigenvalue weighted by Crippen LogP contribution is 2.11. The number of benzene rings is 1. The van der Waals surface area contributed by atoms with Gasteiger partial charge in [-0.1, -0.05) is 38.5 Å². The van der Waals surface area contributed by atoms with Crippen LogP contribution >= 0.6 is 11.3 Å². The average Bonchev–Trinajstić information content (AvgIpc) is 3.18. The summed E-state index contributed by atoms with van der Waals surface area (Å²) in [5.74, 6) is -1.77. The van der Waals surface area contributed by atoms with Gasteiger partial charge >= 0.3 is 5.97 Å². The van der Waals surface area contributed by atoms with Crippen LogP contribution in [0.2, 0.25) is 0 Å². The molecular formula is C19H22N2O4S. The van der Waals surface area contributed by atoms with Crippen LogP contribution in [0.5, 0.6) is 0 Å². The van der Waals surface area contributed by atoms with Crippen LogP contribution in [-0.2, 0) is 11.3 Å². The maximum atomic E-state index is 12.3. The Labute approximate surface area is 156 Å². The number of hydrogen-bond acceptors (Lipinski definition) is 4. The fourth-order valence-corrected chi connectivity index (χ4v) is 3.00. The number of hydrogen-bond donors (Lipinski definition) is 3. The highest BCUT2D eigenvalue weighted by molar-refractivity contribution is 7.12. The second kappa shape index (κ2) is 9.15. The smallest absolute Gasteiger partial charge is 0.326 e. The molecule has 26 heavy (non-hydrogen) atoms. The van der Waals surface area contributed by atoms with Gasteiger partial charge in [0.15, 0.2) is 0 Å². The van der Waals surface area contributed by atoms with Gasteiger partial charge in [-0.3, -0.25) is 9.59 Å². The Morgan fingerprint density at radius 1 is 1.12 bits per heavy atom. The summed E-state index contributed by atoms with van der Waals surface area (Å²) in [4.78, 5) is 36.1. The minimum absolute atomic E-state index is 0.139.